The second kappa shape index (κ2) is 10.8. The van der Waals surface area contributed by atoms with Crippen LogP contribution in [0.1, 0.15) is 5.82 Å². The maximum absolute atomic E-state index is 13.1. The minimum atomic E-state index is -0.380. The number of carbonyl (C=O) groups excluding carboxylic acids is 2. The number of hydrogen-bond acceptors (Lipinski definition) is 5. The zero-order chi connectivity index (χ0) is 23.9. The Morgan fingerprint density at radius 2 is 1.74 bits per heavy atom. The summed E-state index contributed by atoms with van der Waals surface area (Å²) in [5.74, 6) is -0.300. The van der Waals surface area contributed by atoms with Gasteiger partial charge in [-0.25, -0.2) is 4.39 Å². The number of carbonyl (C=O) groups is 2. The lowest BCUT2D eigenvalue weighted by atomic mass is 10.1. The van der Waals surface area contributed by atoms with Gasteiger partial charge in [-0.2, -0.15) is 0 Å². The summed E-state index contributed by atoms with van der Waals surface area (Å²) in [6.07, 6.45) is 1.64. The van der Waals surface area contributed by atoms with E-state index < -0.39 is 0 Å². The Balaban J connectivity index is 1.40. The van der Waals surface area contributed by atoms with Crippen LogP contribution in [0.5, 0.6) is 0 Å². The van der Waals surface area contributed by atoms with Crippen LogP contribution >= 0.6 is 11.8 Å². The Hall–Kier alpha value is -3.98. The van der Waals surface area contributed by atoms with Crippen LogP contribution in [0.3, 0.4) is 0 Å². The molecule has 0 fully saturated rings. The van der Waals surface area contributed by atoms with E-state index in [1.807, 2.05) is 42.5 Å². The molecule has 4 aromatic rings. The van der Waals surface area contributed by atoms with Gasteiger partial charge in [0.05, 0.1) is 12.2 Å². The number of halogens is 1. The van der Waals surface area contributed by atoms with Crippen molar-refractivity contribution in [2.75, 3.05) is 16.4 Å². The van der Waals surface area contributed by atoms with E-state index in [-0.39, 0.29) is 29.8 Å². The van der Waals surface area contributed by atoms with E-state index in [9.17, 15) is 14.0 Å². The smallest absolute Gasteiger partial charge is 0.234 e. The molecule has 2 amide bonds. The lowest BCUT2D eigenvalue weighted by Crippen LogP contribution is -2.18. The van der Waals surface area contributed by atoms with Crippen molar-refractivity contribution in [3.8, 4) is 0 Å². The summed E-state index contributed by atoms with van der Waals surface area (Å²) in [6, 6.07) is 19.1. The number of anilines is 2. The zero-order valence-corrected chi connectivity index (χ0v) is 19.0. The van der Waals surface area contributed by atoms with Gasteiger partial charge in [0.1, 0.15) is 11.6 Å². The number of nitrogens with one attached hydrogen (secondary N) is 2. The number of fused-ring (bicyclic) bond motifs is 1. The number of aromatic nitrogens is 3. The number of hydrogen-bond donors (Lipinski definition) is 2. The quantitative estimate of drug-likeness (QED) is 0.271. The Kier molecular flexibility index (Phi) is 7.34. The summed E-state index contributed by atoms with van der Waals surface area (Å²) >= 11 is 1.23. The number of benzene rings is 3. The third-order valence-corrected chi connectivity index (χ3v) is 5.91. The van der Waals surface area contributed by atoms with Crippen molar-refractivity contribution in [1.29, 1.82) is 0 Å². The topological polar surface area (TPSA) is 88.9 Å². The highest BCUT2D eigenvalue weighted by molar-refractivity contribution is 7.99. The average Bonchev–Trinajstić information content (AvgIpc) is 3.20. The maximum atomic E-state index is 13.1. The van der Waals surface area contributed by atoms with Gasteiger partial charge in [0.25, 0.3) is 0 Å². The summed E-state index contributed by atoms with van der Waals surface area (Å²) in [7, 11) is 0. The average molecular weight is 476 g/mol. The predicted octanol–water partition coefficient (Wildman–Crippen LogP) is 4.67. The van der Waals surface area contributed by atoms with Gasteiger partial charge in [-0.3, -0.25) is 9.59 Å². The molecule has 1 heterocycles. The SMILES string of the molecule is C=CCn1c(CC(=O)Nc2ccc(F)cc2)nnc1SCC(=O)Nc1cccc2ccccc12. The molecule has 0 saturated carbocycles. The Bertz CT molecular complexity index is 1330. The van der Waals surface area contributed by atoms with Crippen molar-refractivity contribution in [2.45, 2.75) is 18.1 Å². The highest BCUT2D eigenvalue weighted by atomic mass is 32.2. The third kappa shape index (κ3) is 5.68. The van der Waals surface area contributed by atoms with Crippen molar-refractivity contribution in [2.24, 2.45) is 0 Å². The van der Waals surface area contributed by atoms with Gasteiger partial charge in [-0.15, -0.1) is 16.8 Å². The van der Waals surface area contributed by atoms with Gasteiger partial charge in [-0.1, -0.05) is 54.2 Å². The normalized spacial score (nSPS) is 10.7. The summed E-state index contributed by atoms with van der Waals surface area (Å²) in [5.41, 5.74) is 1.23. The standard InChI is InChI=1S/C25H22FN5O2S/c1-2-14-31-22(15-23(32)27-19-12-10-18(26)11-13-19)29-30-25(31)34-16-24(33)28-21-9-5-7-17-6-3-4-8-20(17)21/h2-13H,1,14-16H2,(H,27,32)(H,28,33). The molecule has 3 aromatic carbocycles. The van der Waals surface area contributed by atoms with Gasteiger partial charge < -0.3 is 15.2 Å². The highest BCUT2D eigenvalue weighted by Gasteiger charge is 2.17. The second-order valence-corrected chi connectivity index (χ2v) is 8.34. The molecule has 0 unspecified atom stereocenters. The summed E-state index contributed by atoms with van der Waals surface area (Å²) in [6.45, 7) is 4.14. The van der Waals surface area contributed by atoms with Crippen LogP contribution in [0.25, 0.3) is 10.8 Å². The van der Waals surface area contributed by atoms with Gasteiger partial charge in [-0.05, 0) is 35.7 Å². The van der Waals surface area contributed by atoms with E-state index in [0.29, 0.717) is 23.2 Å². The van der Waals surface area contributed by atoms with Crippen LogP contribution in [0.15, 0.2) is 84.5 Å². The van der Waals surface area contributed by atoms with Crippen molar-refractivity contribution in [1.82, 2.24) is 14.8 Å². The van der Waals surface area contributed by atoms with Gasteiger partial charge in [0.2, 0.25) is 11.8 Å². The molecule has 34 heavy (non-hydrogen) atoms. The molecular formula is C25H22FN5O2S. The molecule has 0 aliphatic rings. The van der Waals surface area contributed by atoms with Crippen molar-refractivity contribution >= 4 is 45.7 Å². The zero-order valence-electron chi connectivity index (χ0n) is 18.2. The fraction of sp³-hybridized carbons (Fsp3) is 0.120. The Labute approximate surface area is 200 Å². The minimum Gasteiger partial charge on any atom is -0.326 e. The first-order valence-corrected chi connectivity index (χ1v) is 11.5. The first-order valence-electron chi connectivity index (χ1n) is 10.5. The molecule has 172 valence electrons. The minimum absolute atomic E-state index is 0.0268. The third-order valence-electron chi connectivity index (χ3n) is 4.95. The number of rotatable bonds is 9. The maximum Gasteiger partial charge on any atom is 0.234 e. The molecule has 0 aliphatic carbocycles. The predicted molar refractivity (Wildman–Crippen MR) is 132 cm³/mol. The van der Waals surface area contributed by atoms with Crippen LogP contribution < -0.4 is 10.6 Å². The number of nitrogens with zero attached hydrogens (tertiary/aromatic N) is 3. The molecule has 9 heteroatoms. The molecular weight excluding hydrogens is 453 g/mol. The van der Waals surface area contributed by atoms with Crippen molar-refractivity contribution in [3.63, 3.8) is 0 Å². The largest absolute Gasteiger partial charge is 0.326 e. The first kappa shape index (κ1) is 23.2. The number of allylic oxidation sites excluding steroid dienone is 1. The van der Waals surface area contributed by atoms with Crippen molar-refractivity contribution in [3.05, 3.63) is 91.0 Å². The fourth-order valence-corrected chi connectivity index (χ4v) is 4.17. The lowest BCUT2D eigenvalue weighted by Gasteiger charge is -2.10. The molecule has 0 radical (unpaired) electrons. The summed E-state index contributed by atoms with van der Waals surface area (Å²) in [4.78, 5) is 25.0. The van der Waals surface area contributed by atoms with Crippen LogP contribution in [-0.4, -0.2) is 32.3 Å². The van der Waals surface area contributed by atoms with Crippen LogP contribution in [0.4, 0.5) is 15.8 Å². The molecule has 1 aromatic heterocycles. The molecule has 0 saturated heterocycles. The van der Waals surface area contributed by atoms with Crippen molar-refractivity contribution < 1.29 is 14.0 Å². The Morgan fingerprint density at radius 3 is 2.53 bits per heavy atom. The van der Waals surface area contributed by atoms with Crippen LogP contribution in [-0.2, 0) is 22.6 Å². The molecule has 0 bridgehead atoms. The molecule has 0 spiro atoms. The van der Waals surface area contributed by atoms with E-state index >= 15 is 0 Å². The van der Waals surface area contributed by atoms with Gasteiger partial charge in [0.15, 0.2) is 5.16 Å². The molecule has 0 atom stereocenters. The summed E-state index contributed by atoms with van der Waals surface area (Å²) < 4.78 is 14.8. The Morgan fingerprint density at radius 1 is 0.971 bits per heavy atom. The first-order chi connectivity index (χ1) is 16.5. The van der Waals surface area contributed by atoms with E-state index in [0.717, 1.165) is 16.5 Å². The van der Waals surface area contributed by atoms with E-state index in [1.165, 1.54) is 36.0 Å². The van der Waals surface area contributed by atoms with Gasteiger partial charge in [0, 0.05) is 23.3 Å². The van der Waals surface area contributed by atoms with Crippen LogP contribution in [0, 0.1) is 5.82 Å². The molecule has 7 nitrogen and oxygen atoms in total. The second-order valence-electron chi connectivity index (χ2n) is 7.39. The van der Waals surface area contributed by atoms with E-state index in [1.54, 1.807) is 10.6 Å². The lowest BCUT2D eigenvalue weighted by molar-refractivity contribution is -0.116. The monoisotopic (exact) mass is 475 g/mol. The van der Waals surface area contributed by atoms with E-state index in [2.05, 4.69) is 27.4 Å². The highest BCUT2D eigenvalue weighted by Crippen LogP contribution is 2.24. The molecule has 2 N–H and O–H groups in total. The number of amides is 2. The van der Waals surface area contributed by atoms with Crippen LogP contribution in [0.2, 0.25) is 0 Å². The number of thioether (sulfide) groups is 1. The fourth-order valence-electron chi connectivity index (χ4n) is 3.40. The molecule has 0 aliphatic heterocycles. The summed E-state index contributed by atoms with van der Waals surface area (Å²) in [5, 5.41) is 16.5. The van der Waals surface area contributed by atoms with E-state index in [4.69, 9.17) is 0 Å². The molecule has 4 rings (SSSR count). The van der Waals surface area contributed by atoms with Gasteiger partial charge >= 0.3 is 0 Å².